The van der Waals surface area contributed by atoms with Crippen molar-refractivity contribution in [2.24, 2.45) is 0 Å². The Hall–Kier alpha value is -3.88. The highest BCUT2D eigenvalue weighted by Gasteiger charge is 2.30. The van der Waals surface area contributed by atoms with E-state index in [0.29, 0.717) is 5.69 Å². The van der Waals surface area contributed by atoms with Crippen molar-refractivity contribution < 1.29 is 17.9 Å². The van der Waals surface area contributed by atoms with Gasteiger partial charge in [0.05, 0.1) is 29.8 Å². The number of aromatic nitrogens is 2. The van der Waals surface area contributed by atoms with E-state index in [2.05, 4.69) is 10.4 Å². The molecule has 31 heavy (non-hydrogen) atoms. The van der Waals surface area contributed by atoms with Gasteiger partial charge in [-0.2, -0.15) is 18.3 Å². The Balaban J connectivity index is 2.16. The summed E-state index contributed by atoms with van der Waals surface area (Å²) in [7, 11) is 0. The quantitative estimate of drug-likeness (QED) is 0.532. The van der Waals surface area contributed by atoms with Gasteiger partial charge in [-0.1, -0.05) is 24.3 Å². The van der Waals surface area contributed by atoms with Gasteiger partial charge in [0.2, 0.25) is 0 Å². The maximum atomic E-state index is 13.1. The van der Waals surface area contributed by atoms with E-state index in [9.17, 15) is 18.0 Å². The monoisotopic (exact) mass is 428 g/mol. The van der Waals surface area contributed by atoms with Crippen LogP contribution in [-0.4, -0.2) is 22.6 Å². The van der Waals surface area contributed by atoms with E-state index in [1.807, 2.05) is 6.07 Å². The number of allylic oxidation sites excluding steroid dienone is 1. The average Bonchev–Trinajstić information content (AvgIpc) is 2.75. The zero-order chi connectivity index (χ0) is 22.4. The second kappa shape index (κ2) is 9.29. The van der Waals surface area contributed by atoms with Crippen molar-refractivity contribution in [3.8, 4) is 11.4 Å². The molecule has 0 radical (unpaired) electrons. The molecule has 3 aromatic rings. The van der Waals surface area contributed by atoms with E-state index < -0.39 is 17.2 Å². The third-order valence-corrected chi connectivity index (χ3v) is 4.18. The van der Waals surface area contributed by atoms with E-state index in [1.54, 1.807) is 31.2 Å². The van der Waals surface area contributed by atoms with Crippen molar-refractivity contribution in [3.63, 3.8) is 0 Å². The maximum Gasteiger partial charge on any atom is 0.416 e. The van der Waals surface area contributed by atoms with Crippen molar-refractivity contribution in [1.82, 2.24) is 9.78 Å². The van der Waals surface area contributed by atoms with Crippen LogP contribution in [0.1, 0.15) is 18.2 Å². The molecule has 0 amide bonds. The molecule has 0 spiro atoms. The van der Waals surface area contributed by atoms with Crippen molar-refractivity contribution in [2.45, 2.75) is 13.1 Å². The minimum atomic E-state index is -4.53. The zero-order valence-corrected chi connectivity index (χ0v) is 16.5. The lowest BCUT2D eigenvalue weighted by Crippen LogP contribution is -2.21. The molecule has 0 bridgehead atoms. The highest BCUT2D eigenvalue weighted by atomic mass is 19.4. The Kier molecular flexibility index (Phi) is 6.54. The average molecular weight is 428 g/mol. The second-order valence-corrected chi connectivity index (χ2v) is 6.33. The smallest absolute Gasteiger partial charge is 0.416 e. The molecule has 0 saturated carbocycles. The van der Waals surface area contributed by atoms with Crippen molar-refractivity contribution in [1.29, 1.82) is 5.41 Å². The van der Waals surface area contributed by atoms with Crippen molar-refractivity contribution >= 4 is 17.6 Å². The molecule has 160 valence electrons. The van der Waals surface area contributed by atoms with Crippen LogP contribution in [0, 0.1) is 5.41 Å². The fourth-order valence-corrected chi connectivity index (χ4v) is 2.80. The van der Waals surface area contributed by atoms with Crippen LogP contribution in [0.2, 0.25) is 0 Å². The molecular weight excluding hydrogens is 409 g/mol. The Labute approximate surface area is 176 Å². The van der Waals surface area contributed by atoms with E-state index in [1.165, 1.54) is 24.4 Å². The summed E-state index contributed by atoms with van der Waals surface area (Å²) in [4.78, 5) is 12.9. The summed E-state index contributed by atoms with van der Waals surface area (Å²) in [5.41, 5.74) is -0.552. The van der Waals surface area contributed by atoms with Crippen LogP contribution < -0.4 is 15.5 Å². The number of rotatable bonds is 7. The number of halogens is 3. The number of hydrogen-bond acceptors (Lipinski definition) is 5. The predicted molar refractivity (Wildman–Crippen MR) is 113 cm³/mol. The van der Waals surface area contributed by atoms with E-state index >= 15 is 0 Å². The molecule has 0 aliphatic heterocycles. The molecule has 9 heteroatoms. The number of ether oxygens (including phenoxy) is 1. The highest BCUT2D eigenvalue weighted by Crippen LogP contribution is 2.30. The molecule has 2 aromatic carbocycles. The summed E-state index contributed by atoms with van der Waals surface area (Å²) in [6.07, 6.45) is -0.965. The van der Waals surface area contributed by atoms with E-state index in [4.69, 9.17) is 10.1 Å². The second-order valence-electron chi connectivity index (χ2n) is 6.33. The number of nitrogens with zero attached hydrogens (tertiary/aromatic N) is 2. The van der Waals surface area contributed by atoms with Crippen LogP contribution >= 0.6 is 0 Å². The van der Waals surface area contributed by atoms with Gasteiger partial charge in [0.15, 0.2) is 11.4 Å². The molecule has 1 heterocycles. The number of hydrogen-bond donors (Lipinski definition) is 2. The fourth-order valence-electron chi connectivity index (χ4n) is 2.80. The van der Waals surface area contributed by atoms with Crippen LogP contribution in [0.4, 0.5) is 18.9 Å². The van der Waals surface area contributed by atoms with Gasteiger partial charge in [-0.3, -0.25) is 4.79 Å². The number of benzene rings is 2. The van der Waals surface area contributed by atoms with Crippen LogP contribution in [0.5, 0.6) is 5.75 Å². The van der Waals surface area contributed by atoms with Gasteiger partial charge in [0.1, 0.15) is 0 Å². The van der Waals surface area contributed by atoms with Crippen molar-refractivity contribution in [3.05, 3.63) is 88.4 Å². The van der Waals surface area contributed by atoms with Crippen LogP contribution in [0.15, 0.2) is 71.7 Å². The number of alkyl halides is 3. The molecule has 3 rings (SSSR count). The lowest BCUT2D eigenvalue weighted by atomic mass is 10.2. The number of nitrogens with one attached hydrogen (secondary N) is 2. The molecule has 0 aliphatic carbocycles. The molecule has 0 atom stereocenters. The van der Waals surface area contributed by atoms with Gasteiger partial charge in [-0.25, -0.2) is 4.68 Å². The molecule has 6 nitrogen and oxygen atoms in total. The Morgan fingerprint density at radius 1 is 1.19 bits per heavy atom. The molecular formula is C22H19F3N4O2. The first-order chi connectivity index (χ1) is 14.8. The molecule has 1 aromatic heterocycles. The lowest BCUT2D eigenvalue weighted by molar-refractivity contribution is -0.137. The summed E-state index contributed by atoms with van der Waals surface area (Å²) in [5.74, 6) is -0.0735. The van der Waals surface area contributed by atoms with Crippen LogP contribution in [0.25, 0.3) is 11.4 Å². The van der Waals surface area contributed by atoms with Gasteiger partial charge >= 0.3 is 6.18 Å². The standard InChI is InChI=1S/C22H19F3N4O2/c1-2-31-19-14-29(17-10-6-7-15(13-17)22(23,24)25)28-20(21(19)30)18(11-12-26)27-16-8-4-3-5-9-16/h3-14,26-27H,2H2,1H3/b18-11-,26-12?. The lowest BCUT2D eigenvalue weighted by Gasteiger charge is -2.15. The SMILES string of the molecule is CCOc1cn(-c2cccc(C(F)(F)F)c2)nc(/C(=C/C=N)Nc2ccccc2)c1=O. The summed E-state index contributed by atoms with van der Waals surface area (Å²) in [6.45, 7) is 1.86. The summed E-state index contributed by atoms with van der Waals surface area (Å²) >= 11 is 0. The topological polar surface area (TPSA) is 80.0 Å². The molecule has 0 saturated heterocycles. The first kappa shape index (κ1) is 21.8. The van der Waals surface area contributed by atoms with E-state index in [0.717, 1.165) is 23.0 Å². The molecule has 0 aliphatic rings. The van der Waals surface area contributed by atoms with Gasteiger partial charge in [0.25, 0.3) is 5.43 Å². The third-order valence-electron chi connectivity index (χ3n) is 4.18. The first-order valence-corrected chi connectivity index (χ1v) is 9.31. The number of para-hydroxylation sites is 1. The predicted octanol–water partition coefficient (Wildman–Crippen LogP) is 4.75. The normalized spacial score (nSPS) is 11.8. The molecule has 2 N–H and O–H groups in total. The third kappa shape index (κ3) is 5.19. The highest BCUT2D eigenvalue weighted by molar-refractivity contribution is 5.87. The van der Waals surface area contributed by atoms with Gasteiger partial charge in [-0.15, -0.1) is 0 Å². The van der Waals surface area contributed by atoms with E-state index in [-0.39, 0.29) is 29.4 Å². The van der Waals surface area contributed by atoms with Gasteiger partial charge in [0, 0.05) is 11.9 Å². The summed E-state index contributed by atoms with van der Waals surface area (Å²) < 4.78 is 46.0. The van der Waals surface area contributed by atoms with Crippen LogP contribution in [-0.2, 0) is 6.18 Å². The summed E-state index contributed by atoms with van der Waals surface area (Å²) in [6, 6.07) is 13.5. The molecule has 0 fully saturated rings. The van der Waals surface area contributed by atoms with Crippen LogP contribution in [0.3, 0.4) is 0 Å². The molecule has 0 unspecified atom stereocenters. The first-order valence-electron chi connectivity index (χ1n) is 9.31. The fraction of sp³-hybridized carbons (Fsp3) is 0.136. The zero-order valence-electron chi connectivity index (χ0n) is 16.5. The summed E-state index contributed by atoms with van der Waals surface area (Å²) in [5, 5.41) is 14.7. The van der Waals surface area contributed by atoms with Crippen molar-refractivity contribution in [2.75, 3.05) is 11.9 Å². The number of anilines is 1. The minimum Gasteiger partial charge on any atom is -0.488 e. The van der Waals surface area contributed by atoms with Gasteiger partial charge in [-0.05, 0) is 43.3 Å². The Morgan fingerprint density at radius 2 is 1.94 bits per heavy atom. The Bertz CT molecular complexity index is 1160. The van der Waals surface area contributed by atoms with Gasteiger partial charge < -0.3 is 15.5 Å². The Morgan fingerprint density at radius 3 is 2.58 bits per heavy atom. The largest absolute Gasteiger partial charge is 0.488 e. The minimum absolute atomic E-state index is 0.0735. The maximum absolute atomic E-state index is 13.1.